The second-order valence-electron chi connectivity index (χ2n) is 4.48. The van der Waals surface area contributed by atoms with Crippen LogP contribution in [0.3, 0.4) is 0 Å². The van der Waals surface area contributed by atoms with Gasteiger partial charge in [0.05, 0.1) is 11.8 Å². The molecule has 1 aliphatic carbocycles. The van der Waals surface area contributed by atoms with Crippen molar-refractivity contribution in [1.82, 2.24) is 4.90 Å². The SMILES string of the molecule is C=CCN(CC(=O)O)C1CCCC1S(C)(=O)=O. The fourth-order valence-corrected chi connectivity index (χ4v) is 3.95. The van der Waals surface area contributed by atoms with Crippen LogP contribution in [0, 0.1) is 0 Å². The second-order valence-corrected chi connectivity index (χ2v) is 6.74. The highest BCUT2D eigenvalue weighted by atomic mass is 32.2. The first kappa shape index (κ1) is 14.2. The molecular formula is C11H19NO4S. The summed E-state index contributed by atoms with van der Waals surface area (Å²) in [6, 6.07) is -0.195. The van der Waals surface area contributed by atoms with E-state index in [-0.39, 0.29) is 12.6 Å². The van der Waals surface area contributed by atoms with Crippen LogP contribution in [0.2, 0.25) is 0 Å². The van der Waals surface area contributed by atoms with E-state index in [1.54, 1.807) is 11.0 Å². The van der Waals surface area contributed by atoms with Crippen molar-refractivity contribution in [2.75, 3.05) is 19.3 Å². The summed E-state index contributed by atoms with van der Waals surface area (Å²) in [5, 5.41) is 8.39. The molecule has 98 valence electrons. The predicted molar refractivity (Wildman–Crippen MR) is 65.7 cm³/mol. The zero-order chi connectivity index (χ0) is 13.1. The summed E-state index contributed by atoms with van der Waals surface area (Å²) in [4.78, 5) is 12.5. The van der Waals surface area contributed by atoms with Gasteiger partial charge in [-0.3, -0.25) is 9.69 Å². The Hall–Kier alpha value is -0.880. The maximum absolute atomic E-state index is 11.6. The molecule has 0 aliphatic heterocycles. The molecule has 0 radical (unpaired) electrons. The first-order chi connectivity index (χ1) is 7.86. The van der Waals surface area contributed by atoms with Crippen LogP contribution < -0.4 is 0 Å². The van der Waals surface area contributed by atoms with Crippen LogP contribution in [-0.4, -0.2) is 55.0 Å². The smallest absolute Gasteiger partial charge is 0.317 e. The highest BCUT2D eigenvalue weighted by Crippen LogP contribution is 2.29. The third kappa shape index (κ3) is 3.81. The topological polar surface area (TPSA) is 74.7 Å². The Morgan fingerprint density at radius 2 is 2.18 bits per heavy atom. The number of sulfone groups is 1. The molecule has 0 saturated heterocycles. The summed E-state index contributed by atoms with van der Waals surface area (Å²) in [6.45, 7) is 3.85. The maximum Gasteiger partial charge on any atom is 0.317 e. The summed E-state index contributed by atoms with van der Waals surface area (Å²) in [7, 11) is -3.12. The average Bonchev–Trinajstić information content (AvgIpc) is 2.63. The molecular weight excluding hydrogens is 242 g/mol. The molecule has 0 amide bonds. The number of nitrogens with zero attached hydrogens (tertiary/aromatic N) is 1. The molecule has 1 saturated carbocycles. The van der Waals surface area contributed by atoms with Gasteiger partial charge in [-0.25, -0.2) is 8.42 Å². The van der Waals surface area contributed by atoms with Crippen molar-refractivity contribution in [3.05, 3.63) is 12.7 Å². The number of hydrogen-bond donors (Lipinski definition) is 1. The average molecular weight is 261 g/mol. The van der Waals surface area contributed by atoms with Gasteiger partial charge in [0, 0.05) is 18.8 Å². The largest absolute Gasteiger partial charge is 0.480 e. The summed E-state index contributed by atoms with van der Waals surface area (Å²) >= 11 is 0. The minimum atomic E-state index is -3.12. The lowest BCUT2D eigenvalue weighted by Gasteiger charge is -2.29. The molecule has 2 unspecified atom stereocenters. The molecule has 0 aromatic heterocycles. The van der Waals surface area contributed by atoms with Crippen LogP contribution in [0.15, 0.2) is 12.7 Å². The molecule has 2 atom stereocenters. The van der Waals surface area contributed by atoms with Gasteiger partial charge in [-0.2, -0.15) is 0 Å². The first-order valence-corrected chi connectivity index (χ1v) is 7.57. The van der Waals surface area contributed by atoms with E-state index in [0.717, 1.165) is 12.8 Å². The minimum absolute atomic E-state index is 0.136. The normalized spacial score (nSPS) is 25.1. The molecule has 1 aliphatic rings. The molecule has 5 nitrogen and oxygen atoms in total. The van der Waals surface area contributed by atoms with E-state index < -0.39 is 21.1 Å². The van der Waals surface area contributed by atoms with Crippen LogP contribution in [0.25, 0.3) is 0 Å². The molecule has 6 heteroatoms. The molecule has 0 aromatic rings. The molecule has 17 heavy (non-hydrogen) atoms. The molecule has 1 N–H and O–H groups in total. The zero-order valence-electron chi connectivity index (χ0n) is 10.0. The van der Waals surface area contributed by atoms with E-state index in [1.165, 1.54) is 6.26 Å². The fourth-order valence-electron chi connectivity index (χ4n) is 2.48. The summed E-state index contributed by atoms with van der Waals surface area (Å²) in [5.74, 6) is -0.939. The van der Waals surface area contributed by atoms with Crippen molar-refractivity contribution < 1.29 is 18.3 Å². The monoisotopic (exact) mass is 261 g/mol. The molecule has 0 bridgehead atoms. The van der Waals surface area contributed by atoms with E-state index in [0.29, 0.717) is 13.0 Å². The maximum atomic E-state index is 11.6. The van der Waals surface area contributed by atoms with Crippen molar-refractivity contribution in [2.45, 2.75) is 30.6 Å². The Labute approximate surface area is 102 Å². The summed E-state index contributed by atoms with van der Waals surface area (Å²) < 4.78 is 23.3. The zero-order valence-corrected chi connectivity index (χ0v) is 10.8. The summed E-state index contributed by atoms with van der Waals surface area (Å²) in [5.41, 5.74) is 0. The third-order valence-electron chi connectivity index (χ3n) is 3.14. The van der Waals surface area contributed by atoms with Crippen molar-refractivity contribution in [3.8, 4) is 0 Å². The highest BCUT2D eigenvalue weighted by molar-refractivity contribution is 7.91. The molecule has 0 spiro atoms. The number of hydrogen-bond acceptors (Lipinski definition) is 4. The molecule has 1 rings (SSSR count). The van der Waals surface area contributed by atoms with Gasteiger partial charge in [-0.05, 0) is 12.8 Å². The van der Waals surface area contributed by atoms with E-state index in [4.69, 9.17) is 5.11 Å². The number of carboxylic acid groups (broad SMARTS) is 1. The van der Waals surface area contributed by atoms with E-state index in [1.807, 2.05) is 0 Å². The van der Waals surface area contributed by atoms with E-state index >= 15 is 0 Å². The van der Waals surface area contributed by atoms with E-state index in [2.05, 4.69) is 6.58 Å². The lowest BCUT2D eigenvalue weighted by Crippen LogP contribution is -2.45. The van der Waals surface area contributed by atoms with Gasteiger partial charge < -0.3 is 5.11 Å². The number of rotatable bonds is 6. The van der Waals surface area contributed by atoms with Crippen LogP contribution in [-0.2, 0) is 14.6 Å². The number of carboxylic acids is 1. The van der Waals surface area contributed by atoms with Crippen molar-refractivity contribution in [2.24, 2.45) is 0 Å². The first-order valence-electron chi connectivity index (χ1n) is 5.62. The third-order valence-corrected chi connectivity index (χ3v) is 4.79. The Morgan fingerprint density at radius 3 is 2.65 bits per heavy atom. The fraction of sp³-hybridized carbons (Fsp3) is 0.727. The van der Waals surface area contributed by atoms with Gasteiger partial charge in [0.15, 0.2) is 9.84 Å². The van der Waals surface area contributed by atoms with Crippen LogP contribution in [0.4, 0.5) is 0 Å². The van der Waals surface area contributed by atoms with E-state index in [9.17, 15) is 13.2 Å². The molecule has 1 fully saturated rings. The van der Waals surface area contributed by atoms with Gasteiger partial charge in [0.1, 0.15) is 0 Å². The lowest BCUT2D eigenvalue weighted by molar-refractivity contribution is -0.138. The van der Waals surface area contributed by atoms with Crippen molar-refractivity contribution in [3.63, 3.8) is 0 Å². The van der Waals surface area contributed by atoms with Gasteiger partial charge in [-0.15, -0.1) is 6.58 Å². The van der Waals surface area contributed by atoms with Crippen molar-refractivity contribution >= 4 is 15.8 Å². The number of carbonyl (C=O) groups is 1. The molecule has 0 aromatic carbocycles. The van der Waals surface area contributed by atoms with Gasteiger partial charge >= 0.3 is 5.97 Å². The number of aliphatic carboxylic acids is 1. The lowest BCUT2D eigenvalue weighted by atomic mass is 10.2. The Bertz CT molecular complexity index is 390. The van der Waals surface area contributed by atoms with Crippen molar-refractivity contribution in [1.29, 1.82) is 0 Å². The highest BCUT2D eigenvalue weighted by Gasteiger charge is 2.38. The molecule has 0 heterocycles. The van der Waals surface area contributed by atoms with Gasteiger partial charge in [0.2, 0.25) is 0 Å². The van der Waals surface area contributed by atoms with Gasteiger partial charge in [0.25, 0.3) is 0 Å². The van der Waals surface area contributed by atoms with Crippen LogP contribution >= 0.6 is 0 Å². The minimum Gasteiger partial charge on any atom is -0.480 e. The standard InChI is InChI=1S/C11H19NO4S/c1-3-7-12(8-11(13)14)9-5-4-6-10(9)17(2,15)16/h3,9-10H,1,4-8H2,2H3,(H,13,14). The van der Waals surface area contributed by atoms with Crippen LogP contribution in [0.5, 0.6) is 0 Å². The Morgan fingerprint density at radius 1 is 1.53 bits per heavy atom. The quantitative estimate of drug-likeness (QED) is 0.706. The Balaban J connectivity index is 2.85. The van der Waals surface area contributed by atoms with Crippen LogP contribution in [0.1, 0.15) is 19.3 Å². The second kappa shape index (κ2) is 5.64. The Kier molecular flexibility index (Phi) is 4.70. The predicted octanol–water partition coefficient (Wildman–Crippen LogP) is 0.525. The van der Waals surface area contributed by atoms with Gasteiger partial charge in [-0.1, -0.05) is 12.5 Å². The summed E-state index contributed by atoms with van der Waals surface area (Å²) in [6.07, 6.45) is 5.02.